The Labute approximate surface area is 57.1 Å². The van der Waals surface area contributed by atoms with Crippen LogP contribution in [0, 0.1) is 11.8 Å². The molecule has 0 amide bonds. The molecule has 1 saturated carbocycles. The van der Waals surface area contributed by atoms with Gasteiger partial charge in [0, 0.05) is 0 Å². The molecule has 54 valence electrons. The maximum atomic E-state index is 9.36. The Hall–Kier alpha value is -0.0400. The van der Waals surface area contributed by atoms with E-state index in [4.69, 9.17) is 0 Å². The Bertz CT molecular complexity index is 90.6. The zero-order valence-corrected chi connectivity index (χ0v) is 6.30. The van der Waals surface area contributed by atoms with Gasteiger partial charge in [-0.2, -0.15) is 0 Å². The fourth-order valence-electron chi connectivity index (χ4n) is 1.40. The molecular weight excluding hydrogens is 112 g/mol. The average Bonchev–Trinajstić information content (AvgIpc) is 2.47. The number of hydrogen-bond acceptors (Lipinski definition) is 1. The van der Waals surface area contributed by atoms with Crippen LogP contribution in [0.3, 0.4) is 0 Å². The summed E-state index contributed by atoms with van der Waals surface area (Å²) in [6, 6.07) is 0. The van der Waals surface area contributed by atoms with Gasteiger partial charge >= 0.3 is 0 Å². The van der Waals surface area contributed by atoms with Gasteiger partial charge in [0.25, 0.3) is 0 Å². The second-order valence-corrected chi connectivity index (χ2v) is 3.23. The Morgan fingerprint density at radius 1 is 1.67 bits per heavy atom. The molecule has 3 atom stereocenters. The minimum atomic E-state index is 0.00463. The van der Waals surface area contributed by atoms with Crippen LogP contribution >= 0.6 is 0 Å². The molecule has 0 spiro atoms. The number of aliphatic hydroxyl groups excluding tert-OH is 1. The molecule has 0 aromatic heterocycles. The zero-order valence-electron chi connectivity index (χ0n) is 6.30. The predicted molar refractivity (Wildman–Crippen MR) is 38.2 cm³/mol. The van der Waals surface area contributed by atoms with E-state index in [-0.39, 0.29) is 6.10 Å². The standard InChI is InChI=1S/C8H16O/c1-3-4-8(9)7-5-6(7)2/h6-9H,3-5H2,1-2H3/t6?,7?,8-/m0/s1. The fraction of sp³-hybridized carbons (Fsp3) is 1.00. The Morgan fingerprint density at radius 2 is 2.22 bits per heavy atom. The maximum Gasteiger partial charge on any atom is 0.0570 e. The van der Waals surface area contributed by atoms with Crippen LogP contribution < -0.4 is 0 Å². The third-order valence-electron chi connectivity index (χ3n) is 2.25. The van der Waals surface area contributed by atoms with E-state index in [1.807, 2.05) is 0 Å². The lowest BCUT2D eigenvalue weighted by Gasteiger charge is -2.05. The summed E-state index contributed by atoms with van der Waals surface area (Å²) in [7, 11) is 0. The quantitative estimate of drug-likeness (QED) is 0.614. The van der Waals surface area contributed by atoms with E-state index in [9.17, 15) is 5.11 Å². The number of rotatable bonds is 3. The Kier molecular flexibility index (Phi) is 2.12. The van der Waals surface area contributed by atoms with E-state index in [0.717, 1.165) is 18.8 Å². The molecule has 1 nitrogen and oxygen atoms in total. The molecule has 0 radical (unpaired) electrons. The molecule has 9 heavy (non-hydrogen) atoms. The van der Waals surface area contributed by atoms with E-state index >= 15 is 0 Å². The zero-order chi connectivity index (χ0) is 6.85. The number of aliphatic hydroxyl groups is 1. The molecule has 0 aliphatic heterocycles. The first kappa shape index (κ1) is 7.07. The van der Waals surface area contributed by atoms with E-state index < -0.39 is 0 Å². The van der Waals surface area contributed by atoms with Crippen LogP contribution in [0.4, 0.5) is 0 Å². The van der Waals surface area contributed by atoms with Gasteiger partial charge in [0.05, 0.1) is 6.10 Å². The average molecular weight is 128 g/mol. The van der Waals surface area contributed by atoms with Gasteiger partial charge in [0.15, 0.2) is 0 Å². The molecule has 1 N–H and O–H groups in total. The highest BCUT2D eigenvalue weighted by atomic mass is 16.3. The summed E-state index contributed by atoms with van der Waals surface area (Å²) in [6.07, 6.45) is 3.37. The van der Waals surface area contributed by atoms with Crippen molar-refractivity contribution in [1.29, 1.82) is 0 Å². The smallest absolute Gasteiger partial charge is 0.0570 e. The van der Waals surface area contributed by atoms with Crippen molar-refractivity contribution in [3.8, 4) is 0 Å². The van der Waals surface area contributed by atoms with Crippen LogP contribution in [-0.2, 0) is 0 Å². The molecule has 0 aromatic carbocycles. The van der Waals surface area contributed by atoms with Gasteiger partial charge in [0.1, 0.15) is 0 Å². The topological polar surface area (TPSA) is 20.2 Å². The summed E-state index contributed by atoms with van der Waals surface area (Å²) >= 11 is 0. The van der Waals surface area contributed by atoms with E-state index in [1.54, 1.807) is 0 Å². The predicted octanol–water partition coefficient (Wildman–Crippen LogP) is 1.80. The molecule has 2 unspecified atom stereocenters. The van der Waals surface area contributed by atoms with Crippen molar-refractivity contribution in [3.05, 3.63) is 0 Å². The van der Waals surface area contributed by atoms with Crippen LogP contribution in [0.1, 0.15) is 33.1 Å². The second-order valence-electron chi connectivity index (χ2n) is 3.23. The van der Waals surface area contributed by atoms with Crippen LogP contribution in [-0.4, -0.2) is 11.2 Å². The SMILES string of the molecule is CCC[C@H](O)C1CC1C. The minimum absolute atomic E-state index is 0.00463. The summed E-state index contributed by atoms with van der Waals surface area (Å²) in [5.41, 5.74) is 0. The Morgan fingerprint density at radius 3 is 2.56 bits per heavy atom. The summed E-state index contributed by atoms with van der Waals surface area (Å²) in [5, 5.41) is 9.36. The summed E-state index contributed by atoms with van der Waals surface area (Å²) in [4.78, 5) is 0. The highest BCUT2D eigenvalue weighted by Gasteiger charge is 2.37. The highest BCUT2D eigenvalue weighted by Crippen LogP contribution is 2.41. The van der Waals surface area contributed by atoms with Crippen molar-refractivity contribution in [2.24, 2.45) is 11.8 Å². The monoisotopic (exact) mass is 128 g/mol. The largest absolute Gasteiger partial charge is 0.393 e. The van der Waals surface area contributed by atoms with Crippen LogP contribution in [0.2, 0.25) is 0 Å². The molecule has 1 fully saturated rings. The van der Waals surface area contributed by atoms with Gasteiger partial charge in [-0.3, -0.25) is 0 Å². The third-order valence-corrected chi connectivity index (χ3v) is 2.25. The van der Waals surface area contributed by atoms with Gasteiger partial charge in [-0.1, -0.05) is 20.3 Å². The molecule has 1 aliphatic rings. The minimum Gasteiger partial charge on any atom is -0.393 e. The normalized spacial score (nSPS) is 36.3. The van der Waals surface area contributed by atoms with Crippen LogP contribution in [0.5, 0.6) is 0 Å². The van der Waals surface area contributed by atoms with Crippen molar-refractivity contribution in [2.75, 3.05) is 0 Å². The molecule has 0 heterocycles. The van der Waals surface area contributed by atoms with E-state index in [1.165, 1.54) is 6.42 Å². The summed E-state index contributed by atoms with van der Waals surface area (Å²) in [5.74, 6) is 1.44. The molecule has 1 rings (SSSR count). The Balaban J connectivity index is 2.11. The first-order valence-electron chi connectivity index (χ1n) is 3.93. The summed E-state index contributed by atoms with van der Waals surface area (Å²) < 4.78 is 0. The first-order chi connectivity index (χ1) is 4.25. The van der Waals surface area contributed by atoms with Crippen LogP contribution in [0.15, 0.2) is 0 Å². The molecule has 1 aliphatic carbocycles. The van der Waals surface area contributed by atoms with Crippen molar-refractivity contribution < 1.29 is 5.11 Å². The van der Waals surface area contributed by atoms with Gasteiger partial charge in [0.2, 0.25) is 0 Å². The lowest BCUT2D eigenvalue weighted by atomic mass is 10.1. The molecule has 1 heteroatoms. The lowest BCUT2D eigenvalue weighted by molar-refractivity contribution is 0.135. The summed E-state index contributed by atoms with van der Waals surface area (Å²) in [6.45, 7) is 4.33. The van der Waals surface area contributed by atoms with Gasteiger partial charge in [-0.05, 0) is 24.7 Å². The maximum absolute atomic E-state index is 9.36. The molecular formula is C8H16O. The van der Waals surface area contributed by atoms with Crippen molar-refractivity contribution >= 4 is 0 Å². The lowest BCUT2D eigenvalue weighted by Crippen LogP contribution is -2.08. The molecule has 0 aromatic rings. The molecule has 0 bridgehead atoms. The molecule has 0 saturated heterocycles. The van der Waals surface area contributed by atoms with E-state index in [2.05, 4.69) is 13.8 Å². The van der Waals surface area contributed by atoms with Crippen molar-refractivity contribution in [1.82, 2.24) is 0 Å². The highest BCUT2D eigenvalue weighted by molar-refractivity contribution is 4.87. The fourth-order valence-corrected chi connectivity index (χ4v) is 1.40. The van der Waals surface area contributed by atoms with Gasteiger partial charge < -0.3 is 5.11 Å². The van der Waals surface area contributed by atoms with Gasteiger partial charge in [-0.15, -0.1) is 0 Å². The first-order valence-corrected chi connectivity index (χ1v) is 3.93. The van der Waals surface area contributed by atoms with Crippen LogP contribution in [0.25, 0.3) is 0 Å². The van der Waals surface area contributed by atoms with Crippen molar-refractivity contribution in [2.45, 2.75) is 39.2 Å². The second kappa shape index (κ2) is 2.70. The third kappa shape index (κ3) is 1.68. The number of hydrogen-bond donors (Lipinski definition) is 1. The van der Waals surface area contributed by atoms with E-state index in [0.29, 0.717) is 5.92 Å². The van der Waals surface area contributed by atoms with Gasteiger partial charge in [-0.25, -0.2) is 0 Å². The van der Waals surface area contributed by atoms with Crippen molar-refractivity contribution in [3.63, 3.8) is 0 Å².